The number of aromatic nitrogens is 3. The van der Waals surface area contributed by atoms with E-state index in [9.17, 15) is 49.9 Å². The Morgan fingerprint density at radius 2 is 1.56 bits per heavy atom. The van der Waals surface area contributed by atoms with E-state index in [2.05, 4.69) is 46.9 Å². The molecule has 1 saturated carbocycles. The molecule has 1 fully saturated rings. The number of hydrogen-bond donors (Lipinski definition) is 6. The Hall–Kier alpha value is -7.03. The molecule has 5 aromatic rings. The molecule has 1 heterocycles. The van der Waals surface area contributed by atoms with Gasteiger partial charge in [-0.15, -0.1) is 0 Å². The third kappa shape index (κ3) is 11.8. The SMILES string of the molecule is CC1(F)C=C(F)C(CNc2c(NCC[C@H](NC(=O)c3ccc(Nc4nc(NC5(c6ccc(Cl)cc6)CC5)nc(OCC(F)(F)F)n4)cc3)C(=O)NCc3ccc(F)cc3F)c(=O)c2=O)=CC1. The van der Waals surface area contributed by atoms with E-state index in [0.29, 0.717) is 23.9 Å². The zero-order valence-electron chi connectivity index (χ0n) is 34.6. The average Bonchev–Trinajstić information content (AvgIpc) is 4.04. The lowest BCUT2D eigenvalue weighted by molar-refractivity contribution is -0.154. The normalized spacial score (nSPS) is 16.9. The van der Waals surface area contributed by atoms with Crippen LogP contribution in [0, 0.1) is 11.6 Å². The molecule has 2 aliphatic rings. The van der Waals surface area contributed by atoms with Crippen molar-refractivity contribution in [2.75, 3.05) is 41.0 Å². The van der Waals surface area contributed by atoms with Gasteiger partial charge in [0.25, 0.3) is 16.8 Å². The highest BCUT2D eigenvalue weighted by Gasteiger charge is 2.45. The van der Waals surface area contributed by atoms with Crippen LogP contribution in [-0.2, 0) is 16.9 Å². The maximum Gasteiger partial charge on any atom is 0.422 e. The Bertz CT molecular complexity index is 2760. The van der Waals surface area contributed by atoms with Gasteiger partial charge in [-0.25, -0.2) is 17.6 Å². The summed E-state index contributed by atoms with van der Waals surface area (Å²) in [5.74, 6) is -4.43. The Morgan fingerprint density at radius 3 is 2.21 bits per heavy atom. The Labute approximate surface area is 375 Å². The van der Waals surface area contributed by atoms with Crippen molar-refractivity contribution in [1.29, 1.82) is 0 Å². The molecule has 14 nitrogen and oxygen atoms in total. The molecule has 2 aliphatic carbocycles. The molecule has 22 heteroatoms. The summed E-state index contributed by atoms with van der Waals surface area (Å²) in [7, 11) is 0. The number of benzene rings is 3. The highest BCUT2D eigenvalue weighted by Crippen LogP contribution is 2.48. The monoisotopic (exact) mass is 941 g/mol. The standard InChI is InChI=1S/C44H39ClF7N9O5/c1-42(49)14-12-25(31(48)19-42)20-54-34-33(35(62)36(34)63)53-17-13-32(38(65)55-21-24-2-9-28(46)18-30(24)47)57-37(64)23-3-10-29(11-4-23)56-39-58-40(60-41(59-39)66-22-44(50,51)52)61-43(15-16-43)26-5-7-27(45)8-6-26/h2-12,18-19,32,53-54H,13-17,20-22H2,1H3,(H,55,65)(H,57,64)(H2,56,58,59,60,61)/t32-,42?/m0/s1. The first-order chi connectivity index (χ1) is 31.3. The quantitative estimate of drug-likeness (QED) is 0.0356. The number of amides is 2. The zero-order valence-corrected chi connectivity index (χ0v) is 35.4. The van der Waals surface area contributed by atoms with Gasteiger partial charge in [0.1, 0.15) is 40.5 Å². The highest BCUT2D eigenvalue weighted by molar-refractivity contribution is 6.30. The topological polar surface area (TPSA) is 188 Å². The number of ether oxygens (including phenoxy) is 1. The minimum absolute atomic E-state index is 0.0297. The largest absolute Gasteiger partial charge is 0.454 e. The number of nitrogens with one attached hydrogen (secondary N) is 6. The number of halogens is 8. The van der Waals surface area contributed by atoms with E-state index in [0.717, 1.165) is 23.8 Å². The van der Waals surface area contributed by atoms with Gasteiger partial charge in [-0.05, 0) is 80.3 Å². The van der Waals surface area contributed by atoms with Crippen molar-refractivity contribution < 1.29 is 45.1 Å². The molecular weight excluding hydrogens is 903 g/mol. The average molecular weight is 942 g/mol. The number of rotatable bonds is 19. The van der Waals surface area contributed by atoms with Crippen molar-refractivity contribution in [1.82, 2.24) is 25.6 Å². The second kappa shape index (κ2) is 19.2. The predicted molar refractivity (Wildman–Crippen MR) is 231 cm³/mol. The van der Waals surface area contributed by atoms with Gasteiger partial charge in [-0.1, -0.05) is 35.9 Å². The van der Waals surface area contributed by atoms with Crippen molar-refractivity contribution in [3.05, 3.63) is 144 Å². The van der Waals surface area contributed by atoms with Crippen molar-refractivity contribution in [3.63, 3.8) is 0 Å². The predicted octanol–water partition coefficient (Wildman–Crippen LogP) is 7.43. The van der Waals surface area contributed by atoms with E-state index >= 15 is 0 Å². The molecule has 4 aromatic carbocycles. The summed E-state index contributed by atoms with van der Waals surface area (Å²) in [6, 6.07) is 13.4. The van der Waals surface area contributed by atoms with Crippen LogP contribution < -0.4 is 47.5 Å². The van der Waals surface area contributed by atoms with E-state index in [1.807, 2.05) is 0 Å². The molecule has 7 rings (SSSR count). The third-order valence-electron chi connectivity index (χ3n) is 10.6. The van der Waals surface area contributed by atoms with Crippen molar-refractivity contribution in [2.45, 2.75) is 62.6 Å². The molecule has 66 heavy (non-hydrogen) atoms. The second-order valence-corrected chi connectivity index (χ2v) is 16.2. The number of carbonyl (C=O) groups is 2. The van der Waals surface area contributed by atoms with Gasteiger partial charge in [0, 0.05) is 59.5 Å². The van der Waals surface area contributed by atoms with E-state index < -0.39 is 76.2 Å². The van der Waals surface area contributed by atoms with E-state index in [-0.39, 0.29) is 78.1 Å². The van der Waals surface area contributed by atoms with Crippen molar-refractivity contribution >= 4 is 52.4 Å². The van der Waals surface area contributed by atoms with Crippen molar-refractivity contribution in [3.8, 4) is 6.01 Å². The maximum absolute atomic E-state index is 14.5. The third-order valence-corrected chi connectivity index (χ3v) is 10.8. The zero-order chi connectivity index (χ0) is 47.4. The molecule has 2 amide bonds. The molecule has 2 atom stereocenters. The van der Waals surface area contributed by atoms with Gasteiger partial charge in [0.05, 0.1) is 5.54 Å². The number of nitrogens with zero attached hydrogens (tertiary/aromatic N) is 3. The molecule has 346 valence electrons. The Morgan fingerprint density at radius 1 is 0.879 bits per heavy atom. The Balaban J connectivity index is 1.03. The first-order valence-corrected chi connectivity index (χ1v) is 20.6. The minimum Gasteiger partial charge on any atom is -0.454 e. The summed E-state index contributed by atoms with van der Waals surface area (Å²) in [6.07, 6.45) is -1.50. The van der Waals surface area contributed by atoms with Gasteiger partial charge in [0.2, 0.25) is 17.8 Å². The van der Waals surface area contributed by atoms with Crippen molar-refractivity contribution in [2.24, 2.45) is 0 Å². The van der Waals surface area contributed by atoms with E-state index in [1.54, 1.807) is 24.3 Å². The van der Waals surface area contributed by atoms with Crippen LogP contribution in [0.25, 0.3) is 0 Å². The molecule has 0 spiro atoms. The van der Waals surface area contributed by atoms with E-state index in [1.165, 1.54) is 37.3 Å². The van der Waals surface area contributed by atoms with Gasteiger partial charge < -0.3 is 36.6 Å². The summed E-state index contributed by atoms with van der Waals surface area (Å²) in [4.78, 5) is 64.2. The summed E-state index contributed by atoms with van der Waals surface area (Å²) in [6.45, 7) is -1.26. The lowest BCUT2D eigenvalue weighted by atomic mass is 9.94. The van der Waals surface area contributed by atoms with Crippen LogP contribution in [0.3, 0.4) is 0 Å². The fraction of sp³-hybridized carbons (Fsp3) is 0.295. The van der Waals surface area contributed by atoms with Crippen LogP contribution in [0.5, 0.6) is 6.01 Å². The first-order valence-electron chi connectivity index (χ1n) is 20.2. The van der Waals surface area contributed by atoms with Crippen LogP contribution in [0.2, 0.25) is 5.02 Å². The number of allylic oxidation sites excluding steroid dienone is 2. The van der Waals surface area contributed by atoms with Crippen LogP contribution in [-0.4, -0.2) is 64.3 Å². The summed E-state index contributed by atoms with van der Waals surface area (Å²) < 4.78 is 101. The summed E-state index contributed by atoms with van der Waals surface area (Å²) in [5, 5.41) is 17.0. The van der Waals surface area contributed by atoms with Gasteiger partial charge in [-0.2, -0.15) is 28.1 Å². The lowest BCUT2D eigenvalue weighted by Gasteiger charge is -2.22. The molecule has 6 N–H and O–H groups in total. The number of hydrogen-bond acceptors (Lipinski definition) is 12. The summed E-state index contributed by atoms with van der Waals surface area (Å²) >= 11 is 6.05. The van der Waals surface area contributed by atoms with Crippen LogP contribution in [0.15, 0.2) is 99.9 Å². The minimum atomic E-state index is -4.69. The second-order valence-electron chi connectivity index (χ2n) is 15.7. The number of carbonyl (C=O) groups excluding carboxylic acids is 2. The molecule has 1 unspecified atom stereocenters. The molecule has 0 radical (unpaired) electrons. The molecular formula is C44H39ClF7N9O5. The smallest absolute Gasteiger partial charge is 0.422 e. The highest BCUT2D eigenvalue weighted by atomic mass is 35.5. The van der Waals surface area contributed by atoms with Crippen LogP contribution in [0.1, 0.15) is 54.1 Å². The van der Waals surface area contributed by atoms with Gasteiger partial charge in [0.15, 0.2) is 6.61 Å². The molecule has 0 bridgehead atoms. The molecule has 0 aliphatic heterocycles. The van der Waals surface area contributed by atoms with E-state index in [4.69, 9.17) is 16.3 Å². The number of anilines is 5. The molecule has 0 saturated heterocycles. The molecule has 1 aromatic heterocycles. The first kappa shape index (κ1) is 46.9. The fourth-order valence-corrected chi connectivity index (χ4v) is 6.96. The van der Waals surface area contributed by atoms with Gasteiger partial charge in [-0.3, -0.25) is 19.2 Å². The summed E-state index contributed by atoms with van der Waals surface area (Å²) in [5.41, 5.74) is -3.40. The van der Waals surface area contributed by atoms with Crippen LogP contribution in [0.4, 0.5) is 59.7 Å². The lowest BCUT2D eigenvalue weighted by Crippen LogP contribution is -2.47. The maximum atomic E-state index is 14.5. The fourth-order valence-electron chi connectivity index (χ4n) is 6.83. The Kier molecular flexibility index (Phi) is 13.7. The van der Waals surface area contributed by atoms with Gasteiger partial charge >= 0.3 is 12.2 Å². The van der Waals surface area contributed by atoms with Crippen LogP contribution >= 0.6 is 11.6 Å². The number of alkyl halides is 4.